The van der Waals surface area contributed by atoms with E-state index in [1.807, 2.05) is 19.0 Å². The van der Waals surface area contributed by atoms with Crippen LogP contribution in [0.5, 0.6) is 0 Å². The average Bonchev–Trinajstić information content (AvgIpc) is 2.36. The van der Waals surface area contributed by atoms with Gasteiger partial charge in [-0.15, -0.1) is 0 Å². The maximum Gasteiger partial charge on any atom is 0.258 e. The Kier molecular flexibility index (Phi) is 4.44. The van der Waals surface area contributed by atoms with E-state index in [1.54, 1.807) is 18.2 Å². The molecular weight excluding hydrogens is 302 g/mol. The molecule has 4 nitrogen and oxygen atoms in total. The van der Waals surface area contributed by atoms with E-state index in [9.17, 15) is 4.79 Å². The number of hydrogen-bond acceptors (Lipinski definition) is 4. The van der Waals surface area contributed by atoms with Crippen molar-refractivity contribution >= 4 is 50.8 Å². The molecule has 0 aliphatic carbocycles. The molecule has 0 unspecified atom stereocenters. The highest BCUT2D eigenvalue weighted by Gasteiger charge is 2.07. The maximum absolute atomic E-state index is 11.9. The largest absolute Gasteiger partial charge is 0.364 e. The second-order valence-electron chi connectivity index (χ2n) is 4.12. The van der Waals surface area contributed by atoms with E-state index in [0.717, 1.165) is 4.32 Å². The maximum atomic E-state index is 11.9. The summed E-state index contributed by atoms with van der Waals surface area (Å²) in [5.74, 6) is 1.14. The average molecular weight is 314 g/mol. The van der Waals surface area contributed by atoms with E-state index in [1.165, 1.54) is 11.8 Å². The summed E-state index contributed by atoms with van der Waals surface area (Å²) in [6, 6.07) is 5.08. The van der Waals surface area contributed by atoms with Crippen molar-refractivity contribution in [1.29, 1.82) is 0 Å². The second-order valence-corrected chi connectivity index (χ2v) is 6.17. The molecule has 0 atom stereocenters. The number of aromatic amines is 1. The molecule has 1 heterocycles. The van der Waals surface area contributed by atoms with Crippen LogP contribution < -0.4 is 5.56 Å². The Labute approximate surface area is 125 Å². The van der Waals surface area contributed by atoms with Crippen LogP contribution in [0.1, 0.15) is 5.82 Å². The number of thiocarbonyl (C=S) groups is 1. The summed E-state index contributed by atoms with van der Waals surface area (Å²) in [6.45, 7) is 0. The molecule has 2 rings (SSSR count). The first kappa shape index (κ1) is 14.3. The number of thioether (sulfide) groups is 1. The summed E-state index contributed by atoms with van der Waals surface area (Å²) in [7, 11) is 3.77. The molecule has 0 saturated heterocycles. The molecular formula is C12H12ClN3OS2. The van der Waals surface area contributed by atoms with Gasteiger partial charge in [-0.3, -0.25) is 4.79 Å². The van der Waals surface area contributed by atoms with E-state index < -0.39 is 0 Å². The van der Waals surface area contributed by atoms with Gasteiger partial charge < -0.3 is 9.88 Å². The van der Waals surface area contributed by atoms with Crippen LogP contribution in [0.2, 0.25) is 5.02 Å². The van der Waals surface area contributed by atoms with Gasteiger partial charge in [0, 0.05) is 19.1 Å². The predicted octanol–water partition coefficient (Wildman–Crippen LogP) is 2.66. The number of fused-ring (bicyclic) bond motifs is 1. The lowest BCUT2D eigenvalue weighted by atomic mass is 10.2. The molecule has 0 spiro atoms. The Balaban J connectivity index is 2.29. The summed E-state index contributed by atoms with van der Waals surface area (Å²) in [5.41, 5.74) is 0.457. The summed E-state index contributed by atoms with van der Waals surface area (Å²) in [6.07, 6.45) is 0. The van der Waals surface area contributed by atoms with E-state index >= 15 is 0 Å². The Morgan fingerprint density at radius 1 is 1.53 bits per heavy atom. The van der Waals surface area contributed by atoms with Gasteiger partial charge >= 0.3 is 0 Å². The molecule has 0 saturated carbocycles. The molecule has 0 aliphatic rings. The Hall–Kier alpha value is -1.11. The van der Waals surface area contributed by atoms with Gasteiger partial charge in [-0.25, -0.2) is 4.98 Å². The van der Waals surface area contributed by atoms with Crippen molar-refractivity contribution in [2.45, 2.75) is 5.75 Å². The molecule has 2 aromatic rings. The third-order valence-corrected chi connectivity index (χ3v) is 4.40. The van der Waals surface area contributed by atoms with Crippen LogP contribution in [-0.4, -0.2) is 33.3 Å². The number of halogens is 1. The fraction of sp³-hybridized carbons (Fsp3) is 0.250. The number of rotatable bonds is 2. The minimum atomic E-state index is -0.182. The Morgan fingerprint density at radius 3 is 2.95 bits per heavy atom. The number of hydrogen-bond donors (Lipinski definition) is 1. The Morgan fingerprint density at radius 2 is 2.26 bits per heavy atom. The quantitative estimate of drug-likeness (QED) is 0.864. The molecule has 0 fully saturated rings. The lowest BCUT2D eigenvalue weighted by Crippen LogP contribution is -2.17. The number of nitrogens with zero attached hydrogens (tertiary/aromatic N) is 2. The summed E-state index contributed by atoms with van der Waals surface area (Å²) in [5, 5.41) is 1.02. The zero-order valence-corrected chi connectivity index (χ0v) is 12.8. The van der Waals surface area contributed by atoms with Crippen molar-refractivity contribution in [1.82, 2.24) is 14.9 Å². The molecule has 19 heavy (non-hydrogen) atoms. The van der Waals surface area contributed by atoms with E-state index in [2.05, 4.69) is 9.97 Å². The molecule has 0 bridgehead atoms. The third-order valence-electron chi connectivity index (χ3n) is 2.41. The number of H-pyrrole nitrogens is 1. The molecule has 0 amide bonds. The van der Waals surface area contributed by atoms with Crippen LogP contribution in [0.4, 0.5) is 0 Å². The SMILES string of the molecule is CN(C)C(=S)SCc1nc2ccc(Cl)cc2c(=O)[nH]1. The lowest BCUT2D eigenvalue weighted by molar-refractivity contribution is 0.648. The topological polar surface area (TPSA) is 49.0 Å². The molecule has 0 radical (unpaired) electrons. The van der Waals surface area contributed by atoms with E-state index in [0.29, 0.717) is 27.5 Å². The smallest absolute Gasteiger partial charge is 0.258 e. The minimum Gasteiger partial charge on any atom is -0.364 e. The lowest BCUT2D eigenvalue weighted by Gasteiger charge is -2.12. The molecule has 0 aliphatic heterocycles. The van der Waals surface area contributed by atoms with Crippen molar-refractivity contribution in [2.24, 2.45) is 0 Å². The van der Waals surface area contributed by atoms with Crippen molar-refractivity contribution in [3.63, 3.8) is 0 Å². The molecule has 1 N–H and O–H groups in total. The zero-order valence-electron chi connectivity index (χ0n) is 10.4. The highest BCUT2D eigenvalue weighted by molar-refractivity contribution is 8.22. The first-order chi connectivity index (χ1) is 8.97. The monoisotopic (exact) mass is 313 g/mol. The molecule has 1 aromatic heterocycles. The highest BCUT2D eigenvalue weighted by atomic mass is 35.5. The van der Waals surface area contributed by atoms with Gasteiger partial charge in [0.15, 0.2) is 0 Å². The van der Waals surface area contributed by atoms with E-state index in [4.69, 9.17) is 23.8 Å². The zero-order chi connectivity index (χ0) is 14.0. The first-order valence-corrected chi connectivity index (χ1v) is 7.27. The minimum absolute atomic E-state index is 0.182. The van der Waals surface area contributed by atoms with Crippen molar-refractivity contribution in [3.8, 4) is 0 Å². The number of aromatic nitrogens is 2. The van der Waals surface area contributed by atoms with Gasteiger partial charge in [0.1, 0.15) is 10.1 Å². The molecule has 1 aromatic carbocycles. The summed E-state index contributed by atoms with van der Waals surface area (Å²) < 4.78 is 0.749. The van der Waals surface area contributed by atoms with Gasteiger partial charge in [-0.1, -0.05) is 35.6 Å². The molecule has 7 heteroatoms. The first-order valence-electron chi connectivity index (χ1n) is 5.50. The van der Waals surface area contributed by atoms with Gasteiger partial charge in [0.2, 0.25) is 0 Å². The van der Waals surface area contributed by atoms with Gasteiger partial charge in [-0.05, 0) is 18.2 Å². The predicted molar refractivity (Wildman–Crippen MR) is 85.0 cm³/mol. The van der Waals surface area contributed by atoms with Crippen LogP contribution in [0.3, 0.4) is 0 Å². The normalized spacial score (nSPS) is 10.7. The fourth-order valence-electron chi connectivity index (χ4n) is 1.49. The molecule has 100 valence electrons. The van der Waals surface area contributed by atoms with Crippen molar-refractivity contribution in [2.75, 3.05) is 14.1 Å². The van der Waals surface area contributed by atoms with Crippen LogP contribution in [0.25, 0.3) is 10.9 Å². The van der Waals surface area contributed by atoms with Gasteiger partial charge in [0.05, 0.1) is 16.7 Å². The van der Waals surface area contributed by atoms with Gasteiger partial charge in [-0.2, -0.15) is 0 Å². The fourth-order valence-corrected chi connectivity index (χ4v) is 2.49. The third kappa shape index (κ3) is 3.46. The van der Waals surface area contributed by atoms with Gasteiger partial charge in [0.25, 0.3) is 5.56 Å². The van der Waals surface area contributed by atoms with Crippen LogP contribution >= 0.6 is 35.6 Å². The van der Waals surface area contributed by atoms with E-state index in [-0.39, 0.29) is 5.56 Å². The van der Waals surface area contributed by atoms with Crippen LogP contribution in [0.15, 0.2) is 23.0 Å². The van der Waals surface area contributed by atoms with Crippen LogP contribution in [-0.2, 0) is 5.75 Å². The summed E-state index contributed by atoms with van der Waals surface area (Å²) >= 11 is 12.5. The standard InChI is InChI=1S/C12H12ClN3OS2/c1-16(2)12(18)19-6-10-14-9-4-3-7(13)5-8(9)11(17)15-10/h3-5H,6H2,1-2H3,(H,14,15,17). The number of nitrogens with one attached hydrogen (secondary N) is 1. The highest BCUT2D eigenvalue weighted by Crippen LogP contribution is 2.16. The van der Waals surface area contributed by atoms with Crippen molar-refractivity contribution in [3.05, 3.63) is 39.4 Å². The van der Waals surface area contributed by atoms with Crippen molar-refractivity contribution < 1.29 is 0 Å². The number of benzene rings is 1. The second kappa shape index (κ2) is 5.90. The van der Waals surface area contributed by atoms with Crippen LogP contribution in [0, 0.1) is 0 Å². The Bertz CT molecular complexity index is 684. The summed E-state index contributed by atoms with van der Waals surface area (Å²) in [4.78, 5) is 20.9.